The van der Waals surface area contributed by atoms with Crippen LogP contribution >= 0.6 is 23.7 Å². The number of carbonyl (C=O) groups is 2. The Morgan fingerprint density at radius 2 is 2.18 bits per heavy atom. The lowest BCUT2D eigenvalue weighted by Crippen LogP contribution is -2.51. The third-order valence-corrected chi connectivity index (χ3v) is 5.99. The van der Waals surface area contributed by atoms with Crippen molar-refractivity contribution < 1.29 is 14.3 Å². The highest BCUT2D eigenvalue weighted by Crippen LogP contribution is 2.33. The Kier molecular flexibility index (Phi) is 7.57. The van der Waals surface area contributed by atoms with Gasteiger partial charge < -0.3 is 15.8 Å². The van der Waals surface area contributed by atoms with Gasteiger partial charge in [-0.1, -0.05) is 25.0 Å². The van der Waals surface area contributed by atoms with Gasteiger partial charge in [0.15, 0.2) is 5.13 Å². The smallest absolute Gasteiger partial charge is 0.337 e. The Morgan fingerprint density at radius 3 is 2.89 bits per heavy atom. The van der Waals surface area contributed by atoms with Gasteiger partial charge in [-0.25, -0.2) is 9.78 Å². The normalized spacial score (nSPS) is 21.5. The number of methoxy groups -OCH3 is 1. The predicted molar refractivity (Wildman–Crippen MR) is 113 cm³/mol. The Morgan fingerprint density at radius 1 is 1.39 bits per heavy atom. The zero-order valence-corrected chi connectivity index (χ0v) is 17.7. The summed E-state index contributed by atoms with van der Waals surface area (Å²) in [5.41, 5.74) is 7.37. The van der Waals surface area contributed by atoms with Crippen molar-refractivity contribution in [1.82, 2.24) is 4.98 Å². The van der Waals surface area contributed by atoms with Crippen LogP contribution in [-0.4, -0.2) is 29.5 Å². The minimum Gasteiger partial charge on any atom is -0.465 e. The number of thiazole rings is 1. The zero-order chi connectivity index (χ0) is 19.4. The number of amides is 1. The monoisotopic (exact) mass is 423 g/mol. The molecule has 152 valence electrons. The number of nitrogens with two attached hydrogens (primary N) is 1. The van der Waals surface area contributed by atoms with Gasteiger partial charge in [-0.15, -0.1) is 23.7 Å². The summed E-state index contributed by atoms with van der Waals surface area (Å²) in [7, 11) is 1.37. The van der Waals surface area contributed by atoms with Crippen molar-refractivity contribution >= 4 is 40.8 Å². The van der Waals surface area contributed by atoms with E-state index in [0.29, 0.717) is 17.1 Å². The molecule has 1 aliphatic carbocycles. The van der Waals surface area contributed by atoms with Crippen LogP contribution in [0.2, 0.25) is 0 Å². The number of halogens is 1. The third-order valence-electron chi connectivity index (χ3n) is 5.08. The molecule has 3 N–H and O–H groups in total. The van der Waals surface area contributed by atoms with Crippen LogP contribution in [0.15, 0.2) is 30.5 Å². The molecule has 0 aliphatic heterocycles. The summed E-state index contributed by atoms with van der Waals surface area (Å²) in [6.07, 6.45) is 6.18. The van der Waals surface area contributed by atoms with Gasteiger partial charge in [-0.2, -0.15) is 0 Å². The lowest BCUT2D eigenvalue weighted by molar-refractivity contribution is -0.122. The first-order valence-electron chi connectivity index (χ1n) is 9.11. The molecular formula is C20H26ClN3O3S. The van der Waals surface area contributed by atoms with Crippen molar-refractivity contribution in [3.05, 3.63) is 46.5 Å². The van der Waals surface area contributed by atoms with Gasteiger partial charge in [0.25, 0.3) is 0 Å². The number of aromatic nitrogens is 1. The van der Waals surface area contributed by atoms with E-state index in [0.717, 1.165) is 36.1 Å². The molecule has 2 aromatic rings. The van der Waals surface area contributed by atoms with Crippen LogP contribution in [0.3, 0.4) is 0 Å². The van der Waals surface area contributed by atoms with Crippen molar-refractivity contribution in [2.45, 2.75) is 44.6 Å². The minimum atomic E-state index is -0.462. The predicted octanol–water partition coefficient (Wildman–Crippen LogP) is 3.79. The van der Waals surface area contributed by atoms with E-state index in [1.165, 1.54) is 18.4 Å². The molecule has 0 radical (unpaired) electrons. The Bertz CT molecular complexity index is 838. The first-order valence-corrected chi connectivity index (χ1v) is 9.92. The Labute approximate surface area is 175 Å². The molecule has 0 saturated heterocycles. The van der Waals surface area contributed by atoms with E-state index in [4.69, 9.17) is 10.5 Å². The molecule has 1 heterocycles. The fourth-order valence-corrected chi connectivity index (χ4v) is 4.41. The van der Waals surface area contributed by atoms with E-state index in [1.54, 1.807) is 12.3 Å². The number of carbonyl (C=O) groups excluding carboxylic acids is 2. The molecule has 0 bridgehead atoms. The molecule has 1 saturated carbocycles. The van der Waals surface area contributed by atoms with E-state index < -0.39 is 5.54 Å². The van der Waals surface area contributed by atoms with Gasteiger partial charge in [-0.05, 0) is 37.5 Å². The standard InChI is InChI=1S/C20H25N3O3S.ClH/c1-20(21)9-4-3-8-16(20)17(24)23-19-22-12-15(27-19)11-13-6-5-7-14(10-13)18(25)26-2;/h5-7,10,12,16H,3-4,8-9,11,21H2,1-2H3,(H,22,23,24);1H. The summed E-state index contributed by atoms with van der Waals surface area (Å²) in [5.74, 6) is -0.588. The van der Waals surface area contributed by atoms with Gasteiger partial charge in [0.1, 0.15) is 0 Å². The zero-order valence-electron chi connectivity index (χ0n) is 16.1. The molecule has 1 aromatic carbocycles. The summed E-state index contributed by atoms with van der Waals surface area (Å²) in [6.45, 7) is 1.96. The van der Waals surface area contributed by atoms with Gasteiger partial charge in [0, 0.05) is 23.0 Å². The number of hydrogen-bond acceptors (Lipinski definition) is 6. The molecule has 6 nitrogen and oxygen atoms in total. The largest absolute Gasteiger partial charge is 0.465 e. The second-order valence-corrected chi connectivity index (χ2v) is 8.41. The molecule has 0 spiro atoms. The van der Waals surface area contributed by atoms with Crippen molar-refractivity contribution in [3.63, 3.8) is 0 Å². The summed E-state index contributed by atoms with van der Waals surface area (Å²) in [4.78, 5) is 29.6. The lowest BCUT2D eigenvalue weighted by Gasteiger charge is -2.36. The highest BCUT2D eigenvalue weighted by Gasteiger charge is 2.38. The minimum absolute atomic E-state index is 0. The van der Waals surface area contributed by atoms with Crippen molar-refractivity contribution in [2.24, 2.45) is 11.7 Å². The number of hydrogen-bond donors (Lipinski definition) is 2. The SMILES string of the molecule is COC(=O)c1cccc(Cc2cnc(NC(=O)C3CCCCC3(C)N)s2)c1.Cl. The first-order chi connectivity index (χ1) is 12.9. The molecule has 3 rings (SSSR count). The van der Waals surface area contributed by atoms with Crippen LogP contribution in [0, 0.1) is 5.92 Å². The fraction of sp³-hybridized carbons (Fsp3) is 0.450. The Hall–Kier alpha value is -1.96. The molecule has 1 fully saturated rings. The van der Waals surface area contributed by atoms with E-state index >= 15 is 0 Å². The average molecular weight is 424 g/mol. The third kappa shape index (κ3) is 5.31. The maximum atomic E-state index is 12.6. The molecular weight excluding hydrogens is 398 g/mol. The van der Waals surface area contributed by atoms with E-state index in [1.807, 2.05) is 25.1 Å². The maximum absolute atomic E-state index is 12.6. The molecule has 1 aromatic heterocycles. The van der Waals surface area contributed by atoms with E-state index in [-0.39, 0.29) is 30.2 Å². The van der Waals surface area contributed by atoms with Gasteiger partial charge >= 0.3 is 5.97 Å². The van der Waals surface area contributed by atoms with Gasteiger partial charge in [-0.3, -0.25) is 4.79 Å². The number of nitrogens with one attached hydrogen (secondary N) is 1. The van der Waals surface area contributed by atoms with Crippen LogP contribution in [0.4, 0.5) is 5.13 Å². The topological polar surface area (TPSA) is 94.3 Å². The highest BCUT2D eigenvalue weighted by molar-refractivity contribution is 7.15. The van der Waals surface area contributed by atoms with Gasteiger partial charge in [0.05, 0.1) is 18.6 Å². The van der Waals surface area contributed by atoms with E-state index in [9.17, 15) is 9.59 Å². The van der Waals surface area contributed by atoms with Crippen LogP contribution in [0.5, 0.6) is 0 Å². The van der Waals surface area contributed by atoms with Crippen LogP contribution in [0.1, 0.15) is 53.4 Å². The molecule has 8 heteroatoms. The molecule has 2 unspecified atom stereocenters. The van der Waals surface area contributed by atoms with Crippen LogP contribution < -0.4 is 11.1 Å². The second-order valence-electron chi connectivity index (χ2n) is 7.29. The quantitative estimate of drug-likeness (QED) is 0.713. The van der Waals surface area contributed by atoms with Crippen LogP contribution in [0.25, 0.3) is 0 Å². The summed E-state index contributed by atoms with van der Waals surface area (Å²) < 4.78 is 4.76. The second kappa shape index (κ2) is 9.49. The number of rotatable bonds is 5. The average Bonchev–Trinajstić information content (AvgIpc) is 3.07. The fourth-order valence-electron chi connectivity index (χ4n) is 3.56. The van der Waals surface area contributed by atoms with Crippen molar-refractivity contribution in [1.29, 1.82) is 0 Å². The lowest BCUT2D eigenvalue weighted by atomic mass is 9.74. The maximum Gasteiger partial charge on any atom is 0.337 e. The van der Waals surface area contributed by atoms with Gasteiger partial charge in [0.2, 0.25) is 5.91 Å². The molecule has 28 heavy (non-hydrogen) atoms. The molecule has 1 amide bonds. The summed E-state index contributed by atoms with van der Waals surface area (Å²) in [5, 5.41) is 3.51. The number of ether oxygens (including phenoxy) is 1. The highest BCUT2D eigenvalue weighted by atomic mass is 35.5. The van der Waals surface area contributed by atoms with E-state index in [2.05, 4.69) is 10.3 Å². The number of anilines is 1. The summed E-state index contributed by atoms with van der Waals surface area (Å²) >= 11 is 1.44. The molecule has 2 atom stereocenters. The Balaban J connectivity index is 0.00000280. The molecule has 1 aliphatic rings. The first kappa shape index (κ1) is 22.3. The number of nitrogens with zero attached hydrogens (tertiary/aromatic N) is 1. The van der Waals surface area contributed by atoms with Crippen LogP contribution in [-0.2, 0) is 16.0 Å². The van der Waals surface area contributed by atoms with Crippen molar-refractivity contribution in [3.8, 4) is 0 Å². The number of benzene rings is 1. The summed E-state index contributed by atoms with van der Waals surface area (Å²) in [6, 6.07) is 7.32. The number of esters is 1. The van der Waals surface area contributed by atoms with Crippen molar-refractivity contribution in [2.75, 3.05) is 12.4 Å².